The lowest BCUT2D eigenvalue weighted by molar-refractivity contribution is 0.0508. The highest BCUT2D eigenvalue weighted by atomic mass is 16.6. The highest BCUT2D eigenvalue weighted by Gasteiger charge is 2.19. The molecule has 1 amide bonds. The largest absolute Gasteiger partial charge is 0.444 e. The summed E-state index contributed by atoms with van der Waals surface area (Å²) in [4.78, 5) is 14.3. The Bertz CT molecular complexity index is 748. The Morgan fingerprint density at radius 3 is 2.69 bits per heavy atom. The third-order valence-corrected chi connectivity index (χ3v) is 4.34. The number of rotatable bonds is 4. The summed E-state index contributed by atoms with van der Waals surface area (Å²) in [5, 5.41) is 11.0. The molecule has 2 aromatic rings. The fraction of sp³-hybridized carbons (Fsp3) is 0.526. The maximum absolute atomic E-state index is 11.9. The van der Waals surface area contributed by atoms with Gasteiger partial charge < -0.3 is 14.6 Å². The van der Waals surface area contributed by atoms with Gasteiger partial charge in [-0.2, -0.15) is 0 Å². The number of fused-ring (bicyclic) bond motifs is 1. The SMILES string of the molecule is C[C@H](NC(=O)OC(C)(C)C)c1ccc(CN2CCn3cnnc3C2)cc1. The maximum Gasteiger partial charge on any atom is 0.408 e. The summed E-state index contributed by atoms with van der Waals surface area (Å²) in [6.45, 7) is 11.1. The van der Waals surface area contributed by atoms with Crippen LogP contribution in [0.5, 0.6) is 0 Å². The second kappa shape index (κ2) is 7.45. The zero-order valence-corrected chi connectivity index (χ0v) is 15.9. The van der Waals surface area contributed by atoms with E-state index in [4.69, 9.17) is 4.74 Å². The molecule has 0 unspecified atom stereocenters. The van der Waals surface area contributed by atoms with E-state index in [0.717, 1.165) is 37.6 Å². The average molecular weight is 357 g/mol. The number of hydrogen-bond donors (Lipinski definition) is 1. The van der Waals surface area contributed by atoms with E-state index in [-0.39, 0.29) is 6.04 Å². The van der Waals surface area contributed by atoms with Crippen LogP contribution < -0.4 is 5.32 Å². The van der Waals surface area contributed by atoms with Crippen molar-refractivity contribution >= 4 is 6.09 Å². The van der Waals surface area contributed by atoms with Crippen molar-refractivity contribution in [2.75, 3.05) is 6.54 Å². The number of ether oxygens (including phenoxy) is 1. The third kappa shape index (κ3) is 4.82. The normalized spacial score (nSPS) is 16.0. The number of nitrogens with one attached hydrogen (secondary N) is 1. The number of hydrogen-bond acceptors (Lipinski definition) is 5. The highest BCUT2D eigenvalue weighted by molar-refractivity contribution is 5.68. The molecule has 3 rings (SSSR count). The molecule has 1 aliphatic heterocycles. The molecule has 2 heterocycles. The zero-order valence-electron chi connectivity index (χ0n) is 15.9. The van der Waals surface area contributed by atoms with Crippen LogP contribution >= 0.6 is 0 Å². The van der Waals surface area contributed by atoms with Gasteiger partial charge in [-0.3, -0.25) is 4.90 Å². The van der Waals surface area contributed by atoms with Gasteiger partial charge in [-0.15, -0.1) is 10.2 Å². The third-order valence-electron chi connectivity index (χ3n) is 4.34. The number of amides is 1. The van der Waals surface area contributed by atoms with E-state index < -0.39 is 11.7 Å². The van der Waals surface area contributed by atoms with Crippen LogP contribution in [-0.2, 0) is 24.4 Å². The number of carbonyl (C=O) groups is 1. The molecule has 7 heteroatoms. The molecule has 1 aromatic heterocycles. The smallest absolute Gasteiger partial charge is 0.408 e. The van der Waals surface area contributed by atoms with E-state index in [0.29, 0.717) is 0 Å². The van der Waals surface area contributed by atoms with E-state index in [1.807, 2.05) is 27.7 Å². The predicted molar refractivity (Wildman–Crippen MR) is 98.4 cm³/mol. The summed E-state index contributed by atoms with van der Waals surface area (Å²) in [6, 6.07) is 8.24. The van der Waals surface area contributed by atoms with Crippen LogP contribution in [0.1, 0.15) is 50.7 Å². The van der Waals surface area contributed by atoms with Gasteiger partial charge in [0.2, 0.25) is 0 Å². The van der Waals surface area contributed by atoms with E-state index in [1.165, 1.54) is 5.56 Å². The molecule has 0 saturated heterocycles. The van der Waals surface area contributed by atoms with Gasteiger partial charge in [-0.05, 0) is 38.8 Å². The van der Waals surface area contributed by atoms with Crippen molar-refractivity contribution < 1.29 is 9.53 Å². The second-order valence-corrected chi connectivity index (χ2v) is 7.76. The molecule has 0 spiro atoms. The quantitative estimate of drug-likeness (QED) is 0.911. The van der Waals surface area contributed by atoms with Crippen molar-refractivity contribution in [1.82, 2.24) is 25.0 Å². The Labute approximate surface area is 154 Å². The van der Waals surface area contributed by atoms with Crippen molar-refractivity contribution in [2.24, 2.45) is 0 Å². The number of alkyl carbamates (subject to hydrolysis) is 1. The molecule has 26 heavy (non-hydrogen) atoms. The zero-order chi connectivity index (χ0) is 18.7. The van der Waals surface area contributed by atoms with Crippen LogP contribution in [0.4, 0.5) is 4.79 Å². The first kappa shape index (κ1) is 18.4. The molecule has 0 bridgehead atoms. The molecule has 1 aliphatic rings. The average Bonchev–Trinajstić information content (AvgIpc) is 3.01. The Hall–Kier alpha value is -2.41. The summed E-state index contributed by atoms with van der Waals surface area (Å²) >= 11 is 0. The number of aromatic nitrogens is 3. The van der Waals surface area contributed by atoms with Gasteiger partial charge in [-0.1, -0.05) is 24.3 Å². The topological polar surface area (TPSA) is 72.3 Å². The monoisotopic (exact) mass is 357 g/mol. The minimum atomic E-state index is -0.494. The molecular formula is C19H27N5O2. The minimum absolute atomic E-state index is 0.104. The van der Waals surface area contributed by atoms with E-state index >= 15 is 0 Å². The van der Waals surface area contributed by atoms with E-state index in [9.17, 15) is 4.79 Å². The van der Waals surface area contributed by atoms with E-state index in [2.05, 4.69) is 49.2 Å². The standard InChI is InChI=1S/C19H27N5O2/c1-14(21-18(25)26-19(2,3)4)16-7-5-15(6-8-16)11-23-9-10-24-13-20-22-17(24)12-23/h5-8,13-14H,9-12H2,1-4H3,(H,21,25)/t14-/m0/s1. The molecule has 140 valence electrons. The van der Waals surface area contributed by atoms with Gasteiger partial charge in [-0.25, -0.2) is 4.79 Å². The number of carbonyl (C=O) groups excluding carboxylic acids is 1. The molecule has 1 aromatic carbocycles. The summed E-state index contributed by atoms with van der Waals surface area (Å²) < 4.78 is 7.41. The first-order valence-electron chi connectivity index (χ1n) is 8.97. The molecule has 1 atom stereocenters. The fourth-order valence-electron chi connectivity index (χ4n) is 2.99. The number of nitrogens with zero attached hydrogens (tertiary/aromatic N) is 4. The molecule has 1 N–H and O–H groups in total. The Morgan fingerprint density at radius 1 is 1.27 bits per heavy atom. The molecule has 0 fully saturated rings. The van der Waals surface area contributed by atoms with Crippen LogP contribution in [0.25, 0.3) is 0 Å². The summed E-state index contributed by atoms with van der Waals surface area (Å²) in [5.74, 6) is 1.02. The summed E-state index contributed by atoms with van der Waals surface area (Å²) in [7, 11) is 0. The molecular weight excluding hydrogens is 330 g/mol. The lowest BCUT2D eigenvalue weighted by Gasteiger charge is -2.27. The summed E-state index contributed by atoms with van der Waals surface area (Å²) in [5.41, 5.74) is 1.80. The van der Waals surface area contributed by atoms with Crippen molar-refractivity contribution in [3.8, 4) is 0 Å². The van der Waals surface area contributed by atoms with Crippen molar-refractivity contribution in [3.05, 3.63) is 47.5 Å². The van der Waals surface area contributed by atoms with E-state index in [1.54, 1.807) is 6.33 Å². The van der Waals surface area contributed by atoms with Gasteiger partial charge in [0.1, 0.15) is 17.8 Å². The first-order chi connectivity index (χ1) is 12.3. The van der Waals surface area contributed by atoms with Crippen LogP contribution in [-0.4, -0.2) is 37.9 Å². The Morgan fingerprint density at radius 2 is 2.00 bits per heavy atom. The van der Waals surface area contributed by atoms with Gasteiger partial charge in [0.25, 0.3) is 0 Å². The van der Waals surface area contributed by atoms with Crippen LogP contribution in [0.2, 0.25) is 0 Å². The van der Waals surface area contributed by atoms with Gasteiger partial charge in [0.15, 0.2) is 0 Å². The highest BCUT2D eigenvalue weighted by Crippen LogP contribution is 2.17. The van der Waals surface area contributed by atoms with Crippen molar-refractivity contribution in [1.29, 1.82) is 0 Å². The van der Waals surface area contributed by atoms with Crippen molar-refractivity contribution in [3.63, 3.8) is 0 Å². The first-order valence-corrected chi connectivity index (χ1v) is 8.97. The Kier molecular flexibility index (Phi) is 5.27. The van der Waals surface area contributed by atoms with Gasteiger partial charge in [0, 0.05) is 19.6 Å². The molecule has 0 aliphatic carbocycles. The van der Waals surface area contributed by atoms with Crippen LogP contribution in [0.3, 0.4) is 0 Å². The molecule has 7 nitrogen and oxygen atoms in total. The lowest BCUT2D eigenvalue weighted by atomic mass is 10.1. The molecule has 0 radical (unpaired) electrons. The van der Waals surface area contributed by atoms with Crippen molar-refractivity contribution in [2.45, 2.75) is 59.0 Å². The number of benzene rings is 1. The minimum Gasteiger partial charge on any atom is -0.444 e. The lowest BCUT2D eigenvalue weighted by Crippen LogP contribution is -2.34. The van der Waals surface area contributed by atoms with Gasteiger partial charge in [0.05, 0.1) is 12.6 Å². The predicted octanol–water partition coefficient (Wildman–Crippen LogP) is 2.88. The fourth-order valence-corrected chi connectivity index (χ4v) is 2.99. The molecule has 0 saturated carbocycles. The van der Waals surface area contributed by atoms with Crippen LogP contribution in [0, 0.1) is 0 Å². The van der Waals surface area contributed by atoms with Crippen LogP contribution in [0.15, 0.2) is 30.6 Å². The van der Waals surface area contributed by atoms with Gasteiger partial charge >= 0.3 is 6.09 Å². The summed E-state index contributed by atoms with van der Waals surface area (Å²) in [6.07, 6.45) is 1.40. The maximum atomic E-state index is 11.9. The second-order valence-electron chi connectivity index (χ2n) is 7.76. The Balaban J connectivity index is 1.54.